The maximum atomic E-state index is 12.3. The predicted octanol–water partition coefficient (Wildman–Crippen LogP) is 2.44. The molecule has 4 heteroatoms. The second-order valence-electron chi connectivity index (χ2n) is 4.73. The molecule has 0 bridgehead atoms. The van der Waals surface area contributed by atoms with Gasteiger partial charge < -0.3 is 9.64 Å². The average Bonchev–Trinajstić information content (AvgIpc) is 2.53. The van der Waals surface area contributed by atoms with Crippen LogP contribution in [0.2, 0.25) is 0 Å². The van der Waals surface area contributed by atoms with Crippen molar-refractivity contribution in [2.45, 2.75) is 12.8 Å². The minimum atomic E-state index is -0.0252. The standard InChI is InChI=1S/C16H16N2O2/c19-16(12-20-15-9-3-4-10-17-15)18-11-5-7-13-6-1-2-8-14(13)18/h1-4,6,8-10H,5,7,11-12H2. The summed E-state index contributed by atoms with van der Waals surface area (Å²) in [5, 5.41) is 0. The van der Waals surface area contributed by atoms with Crippen molar-refractivity contribution in [3.8, 4) is 5.88 Å². The fourth-order valence-corrected chi connectivity index (χ4v) is 2.44. The largest absolute Gasteiger partial charge is 0.468 e. The highest BCUT2D eigenvalue weighted by atomic mass is 16.5. The number of pyridine rings is 1. The molecule has 0 aliphatic carbocycles. The molecular weight excluding hydrogens is 252 g/mol. The molecule has 1 aromatic heterocycles. The van der Waals surface area contributed by atoms with Gasteiger partial charge in [-0.15, -0.1) is 0 Å². The lowest BCUT2D eigenvalue weighted by atomic mass is 10.0. The fourth-order valence-electron chi connectivity index (χ4n) is 2.44. The molecule has 0 spiro atoms. The highest BCUT2D eigenvalue weighted by molar-refractivity contribution is 5.95. The summed E-state index contributed by atoms with van der Waals surface area (Å²) in [6.07, 6.45) is 3.67. The first-order chi connectivity index (χ1) is 9.84. The number of nitrogens with zero attached hydrogens (tertiary/aromatic N) is 2. The van der Waals surface area contributed by atoms with Gasteiger partial charge in [0.1, 0.15) is 0 Å². The van der Waals surface area contributed by atoms with Crippen LogP contribution in [0.4, 0.5) is 5.69 Å². The van der Waals surface area contributed by atoms with E-state index in [-0.39, 0.29) is 12.5 Å². The Balaban J connectivity index is 1.69. The van der Waals surface area contributed by atoms with Gasteiger partial charge in [0.25, 0.3) is 5.91 Å². The molecule has 4 nitrogen and oxygen atoms in total. The maximum Gasteiger partial charge on any atom is 0.264 e. The number of hydrogen-bond acceptors (Lipinski definition) is 3. The third kappa shape index (κ3) is 2.64. The van der Waals surface area contributed by atoms with Crippen LogP contribution >= 0.6 is 0 Å². The van der Waals surface area contributed by atoms with E-state index in [9.17, 15) is 4.79 Å². The Hall–Kier alpha value is -2.36. The Labute approximate surface area is 118 Å². The van der Waals surface area contributed by atoms with Gasteiger partial charge in [-0.25, -0.2) is 4.98 Å². The van der Waals surface area contributed by atoms with Crippen LogP contribution in [0.1, 0.15) is 12.0 Å². The molecule has 0 radical (unpaired) electrons. The van der Waals surface area contributed by atoms with Gasteiger partial charge in [0.05, 0.1) is 0 Å². The molecule has 0 atom stereocenters. The summed E-state index contributed by atoms with van der Waals surface area (Å²) in [6.45, 7) is 0.771. The first-order valence-corrected chi connectivity index (χ1v) is 6.77. The average molecular weight is 268 g/mol. The number of carbonyl (C=O) groups excluding carboxylic acids is 1. The van der Waals surface area contributed by atoms with Crippen LogP contribution in [-0.2, 0) is 11.2 Å². The zero-order valence-corrected chi connectivity index (χ0v) is 11.2. The Bertz CT molecular complexity index is 598. The number of anilines is 1. The number of aromatic nitrogens is 1. The summed E-state index contributed by atoms with van der Waals surface area (Å²) in [5.74, 6) is 0.453. The van der Waals surface area contributed by atoms with Gasteiger partial charge in [0, 0.05) is 24.5 Å². The van der Waals surface area contributed by atoms with Crippen molar-refractivity contribution in [1.29, 1.82) is 0 Å². The Kier molecular flexibility index (Phi) is 3.63. The van der Waals surface area contributed by atoms with E-state index >= 15 is 0 Å². The van der Waals surface area contributed by atoms with E-state index in [0.717, 1.165) is 25.1 Å². The molecule has 20 heavy (non-hydrogen) atoms. The molecule has 0 fully saturated rings. The Morgan fingerprint density at radius 2 is 2.05 bits per heavy atom. The van der Waals surface area contributed by atoms with Crippen LogP contribution in [0.15, 0.2) is 48.7 Å². The highest BCUT2D eigenvalue weighted by Crippen LogP contribution is 2.26. The first kappa shape index (κ1) is 12.7. The number of aryl methyl sites for hydroxylation is 1. The number of hydrogen-bond donors (Lipinski definition) is 0. The molecule has 3 rings (SSSR count). The van der Waals surface area contributed by atoms with Crippen molar-refractivity contribution in [3.05, 3.63) is 54.2 Å². The lowest BCUT2D eigenvalue weighted by molar-refractivity contribution is -0.120. The molecular formula is C16H16N2O2. The maximum absolute atomic E-state index is 12.3. The van der Waals surface area contributed by atoms with Gasteiger partial charge in [-0.2, -0.15) is 0 Å². The van der Waals surface area contributed by atoms with Crippen LogP contribution in [0, 0.1) is 0 Å². The Morgan fingerprint density at radius 1 is 1.20 bits per heavy atom. The summed E-state index contributed by atoms with van der Waals surface area (Å²) < 4.78 is 5.43. The molecule has 1 aliphatic rings. The van der Waals surface area contributed by atoms with Gasteiger partial charge >= 0.3 is 0 Å². The zero-order chi connectivity index (χ0) is 13.8. The van der Waals surface area contributed by atoms with Crippen LogP contribution < -0.4 is 9.64 Å². The summed E-state index contributed by atoms with van der Waals surface area (Å²) in [7, 11) is 0. The minimum Gasteiger partial charge on any atom is -0.468 e. The smallest absolute Gasteiger partial charge is 0.264 e. The number of rotatable bonds is 3. The van der Waals surface area contributed by atoms with Crippen LogP contribution in [-0.4, -0.2) is 24.0 Å². The molecule has 0 unspecified atom stereocenters. The van der Waals surface area contributed by atoms with Gasteiger partial charge in [-0.3, -0.25) is 4.79 Å². The molecule has 1 aromatic carbocycles. The van der Waals surface area contributed by atoms with E-state index in [0.29, 0.717) is 5.88 Å². The third-order valence-electron chi connectivity index (χ3n) is 3.39. The van der Waals surface area contributed by atoms with Crippen molar-refractivity contribution in [2.24, 2.45) is 0 Å². The van der Waals surface area contributed by atoms with E-state index in [1.807, 2.05) is 35.2 Å². The van der Waals surface area contributed by atoms with Crippen LogP contribution in [0.25, 0.3) is 0 Å². The lowest BCUT2D eigenvalue weighted by Gasteiger charge is -2.29. The second kappa shape index (κ2) is 5.74. The number of ether oxygens (including phenoxy) is 1. The monoisotopic (exact) mass is 268 g/mol. The summed E-state index contributed by atoms with van der Waals surface area (Å²) >= 11 is 0. The summed E-state index contributed by atoms with van der Waals surface area (Å²) in [5.41, 5.74) is 2.23. The van der Waals surface area contributed by atoms with Crippen LogP contribution in [0.3, 0.4) is 0 Å². The van der Waals surface area contributed by atoms with Crippen molar-refractivity contribution in [2.75, 3.05) is 18.1 Å². The topological polar surface area (TPSA) is 42.4 Å². The molecule has 2 heterocycles. The van der Waals surface area contributed by atoms with E-state index < -0.39 is 0 Å². The van der Waals surface area contributed by atoms with Crippen molar-refractivity contribution >= 4 is 11.6 Å². The van der Waals surface area contributed by atoms with Gasteiger partial charge in [-0.1, -0.05) is 24.3 Å². The molecule has 102 valence electrons. The summed E-state index contributed by atoms with van der Waals surface area (Å²) in [6, 6.07) is 13.4. The SMILES string of the molecule is O=C(COc1ccccn1)N1CCCc2ccccc21. The van der Waals surface area contributed by atoms with E-state index in [2.05, 4.69) is 11.1 Å². The lowest BCUT2D eigenvalue weighted by Crippen LogP contribution is -2.38. The Morgan fingerprint density at radius 3 is 2.90 bits per heavy atom. The van der Waals surface area contributed by atoms with E-state index in [1.54, 1.807) is 12.3 Å². The highest BCUT2D eigenvalue weighted by Gasteiger charge is 2.22. The van der Waals surface area contributed by atoms with Crippen LogP contribution in [0.5, 0.6) is 5.88 Å². The van der Waals surface area contributed by atoms with Gasteiger partial charge in [0.2, 0.25) is 5.88 Å². The van der Waals surface area contributed by atoms with Crippen molar-refractivity contribution < 1.29 is 9.53 Å². The van der Waals surface area contributed by atoms with Gasteiger partial charge in [0.15, 0.2) is 6.61 Å². The molecule has 0 N–H and O–H groups in total. The molecule has 0 saturated carbocycles. The molecule has 0 saturated heterocycles. The number of carbonyl (C=O) groups is 1. The number of benzene rings is 1. The first-order valence-electron chi connectivity index (χ1n) is 6.77. The molecule has 1 aliphatic heterocycles. The van der Waals surface area contributed by atoms with E-state index in [1.165, 1.54) is 5.56 Å². The minimum absolute atomic E-state index is 0.0192. The van der Waals surface area contributed by atoms with Crippen molar-refractivity contribution in [3.63, 3.8) is 0 Å². The summed E-state index contributed by atoms with van der Waals surface area (Å²) in [4.78, 5) is 18.2. The zero-order valence-electron chi connectivity index (χ0n) is 11.2. The third-order valence-corrected chi connectivity index (χ3v) is 3.39. The predicted molar refractivity (Wildman–Crippen MR) is 76.8 cm³/mol. The van der Waals surface area contributed by atoms with Crippen molar-refractivity contribution in [1.82, 2.24) is 4.98 Å². The normalized spacial score (nSPS) is 13.7. The number of para-hydroxylation sites is 1. The second-order valence-corrected chi connectivity index (χ2v) is 4.73. The quantitative estimate of drug-likeness (QED) is 0.858. The van der Waals surface area contributed by atoms with Gasteiger partial charge in [-0.05, 0) is 30.5 Å². The van der Waals surface area contributed by atoms with E-state index in [4.69, 9.17) is 4.74 Å². The molecule has 2 aromatic rings. The molecule has 1 amide bonds. The number of fused-ring (bicyclic) bond motifs is 1. The fraction of sp³-hybridized carbons (Fsp3) is 0.250. The number of amides is 1.